The molecule has 0 bridgehead atoms. The van der Waals surface area contributed by atoms with Crippen molar-refractivity contribution in [1.82, 2.24) is 0 Å². The van der Waals surface area contributed by atoms with E-state index in [2.05, 4.69) is 81.5 Å². The molecule has 1 saturated heterocycles. The maximum absolute atomic E-state index is 16.1. The fraction of sp³-hybridized carbons (Fsp3) is 0.595. The van der Waals surface area contributed by atoms with Crippen LogP contribution in [-0.4, -0.2) is 52.2 Å². The third kappa shape index (κ3) is 8.90. The fourth-order valence-corrected chi connectivity index (χ4v) is 11.5. The van der Waals surface area contributed by atoms with Crippen LogP contribution >= 0.6 is 0 Å². The molecule has 0 aromatic heterocycles. The molecule has 1 aliphatic heterocycles. The molecule has 1 aliphatic carbocycles. The molecule has 1 unspecified atom stereocenters. The van der Waals surface area contributed by atoms with Gasteiger partial charge in [0.15, 0.2) is 6.29 Å². The number of carbonyl (C=O) groups excluding carboxylic acids is 1. The van der Waals surface area contributed by atoms with Crippen molar-refractivity contribution < 1.29 is 27.8 Å². The van der Waals surface area contributed by atoms with Crippen LogP contribution in [0.2, 0.25) is 5.04 Å². The lowest BCUT2D eigenvalue weighted by atomic mass is 9.91. The Hall–Kier alpha value is -2.32. The van der Waals surface area contributed by atoms with E-state index < -0.39 is 14.5 Å². The second-order valence-electron chi connectivity index (χ2n) is 13.7. The van der Waals surface area contributed by atoms with Crippen LogP contribution in [0.15, 0.2) is 72.8 Å². The largest absolute Gasteiger partial charge is 0.463 e. The molecule has 7 heteroatoms. The average Bonchev–Trinajstić information content (AvgIpc) is 3.28. The van der Waals surface area contributed by atoms with Gasteiger partial charge < -0.3 is 18.6 Å². The van der Waals surface area contributed by atoms with Crippen LogP contribution in [0.3, 0.4) is 0 Å². The van der Waals surface area contributed by atoms with Crippen molar-refractivity contribution in [3.8, 4) is 0 Å². The van der Waals surface area contributed by atoms with Crippen LogP contribution in [0.25, 0.3) is 0 Å². The zero-order chi connectivity index (χ0) is 31.6. The molecule has 2 aromatic carbocycles. The number of rotatable bonds is 14. The Kier molecular flexibility index (Phi) is 12.8. The van der Waals surface area contributed by atoms with E-state index in [1.807, 2.05) is 26.0 Å². The highest BCUT2D eigenvalue weighted by Crippen LogP contribution is 2.43. The number of ether oxygens (including phenoxy) is 3. The molecule has 44 heavy (non-hydrogen) atoms. The molecule has 1 heterocycles. The lowest BCUT2D eigenvalue weighted by Crippen LogP contribution is -2.67. The van der Waals surface area contributed by atoms with Crippen LogP contribution in [0.4, 0.5) is 4.39 Å². The lowest BCUT2D eigenvalue weighted by Gasteiger charge is -2.44. The van der Waals surface area contributed by atoms with Gasteiger partial charge in [0.05, 0.1) is 12.2 Å². The zero-order valence-corrected chi connectivity index (χ0v) is 28.4. The Morgan fingerprint density at radius 3 is 2.23 bits per heavy atom. The number of benzene rings is 2. The smallest absolute Gasteiger partial charge is 0.306 e. The summed E-state index contributed by atoms with van der Waals surface area (Å²) in [6.45, 7) is 11.5. The minimum absolute atomic E-state index is 0.0316. The predicted octanol–water partition coefficient (Wildman–Crippen LogP) is 7.52. The van der Waals surface area contributed by atoms with Crippen LogP contribution < -0.4 is 10.4 Å². The quantitative estimate of drug-likeness (QED) is 0.0942. The minimum Gasteiger partial charge on any atom is -0.463 e. The first kappa shape index (κ1) is 34.5. The third-order valence-electron chi connectivity index (χ3n) is 9.02. The van der Waals surface area contributed by atoms with E-state index in [1.165, 1.54) is 10.4 Å². The maximum atomic E-state index is 16.1. The van der Waals surface area contributed by atoms with Gasteiger partial charge in [0, 0.05) is 32.0 Å². The van der Waals surface area contributed by atoms with Crippen molar-refractivity contribution in [2.75, 3.05) is 13.2 Å². The van der Waals surface area contributed by atoms with Gasteiger partial charge in [-0.1, -0.05) is 93.6 Å². The van der Waals surface area contributed by atoms with Gasteiger partial charge in [-0.3, -0.25) is 4.79 Å². The van der Waals surface area contributed by atoms with Crippen molar-refractivity contribution in [3.05, 3.63) is 72.8 Å². The molecule has 0 spiro atoms. The number of esters is 1. The molecule has 0 amide bonds. The van der Waals surface area contributed by atoms with Gasteiger partial charge in [-0.2, -0.15) is 0 Å². The first-order valence-electron chi connectivity index (χ1n) is 16.6. The summed E-state index contributed by atoms with van der Waals surface area (Å²) in [7, 11) is -2.81. The number of alkyl halides is 1. The lowest BCUT2D eigenvalue weighted by molar-refractivity contribution is -0.196. The second-order valence-corrected chi connectivity index (χ2v) is 18.0. The normalized spacial score (nSPS) is 24.7. The van der Waals surface area contributed by atoms with Crippen LogP contribution in [0.1, 0.15) is 86.0 Å². The molecule has 5 nitrogen and oxygen atoms in total. The highest BCUT2D eigenvalue weighted by Gasteiger charge is 2.52. The maximum Gasteiger partial charge on any atom is 0.306 e. The van der Waals surface area contributed by atoms with Crippen molar-refractivity contribution in [1.29, 1.82) is 0 Å². The fourth-order valence-electron chi connectivity index (χ4n) is 6.88. The van der Waals surface area contributed by atoms with E-state index in [9.17, 15) is 4.79 Å². The number of unbranched alkanes of at least 4 members (excludes halogenated alkanes) is 1. The molecule has 2 aliphatic rings. The summed E-state index contributed by atoms with van der Waals surface area (Å²) in [6.07, 6.45) is 8.57. The number of hydrogen-bond acceptors (Lipinski definition) is 5. The minimum atomic E-state index is -2.81. The number of hydrogen-bond donors (Lipinski definition) is 0. The Labute approximate surface area is 265 Å². The van der Waals surface area contributed by atoms with Gasteiger partial charge in [0.2, 0.25) is 0 Å². The number of halogens is 1. The Morgan fingerprint density at radius 2 is 1.66 bits per heavy atom. The summed E-state index contributed by atoms with van der Waals surface area (Å²) < 4.78 is 40.9. The highest BCUT2D eigenvalue weighted by atomic mass is 28.4. The van der Waals surface area contributed by atoms with Crippen molar-refractivity contribution in [3.63, 3.8) is 0 Å². The molecular formula is C37H53FO5Si. The van der Waals surface area contributed by atoms with E-state index in [0.29, 0.717) is 32.5 Å². The van der Waals surface area contributed by atoms with E-state index in [0.717, 1.165) is 32.1 Å². The average molecular weight is 625 g/mol. The van der Waals surface area contributed by atoms with Crippen LogP contribution in [0, 0.1) is 11.8 Å². The van der Waals surface area contributed by atoms with E-state index >= 15 is 4.39 Å². The van der Waals surface area contributed by atoms with Gasteiger partial charge in [-0.25, -0.2) is 4.39 Å². The Balaban J connectivity index is 1.54. The highest BCUT2D eigenvalue weighted by molar-refractivity contribution is 6.99. The molecule has 2 aromatic rings. The van der Waals surface area contributed by atoms with Gasteiger partial charge in [-0.05, 0) is 73.7 Å². The molecule has 0 radical (unpaired) electrons. The number of carbonyl (C=O) groups is 1. The van der Waals surface area contributed by atoms with Gasteiger partial charge >= 0.3 is 5.97 Å². The van der Waals surface area contributed by atoms with Crippen LogP contribution in [-0.2, 0) is 23.4 Å². The van der Waals surface area contributed by atoms with Crippen molar-refractivity contribution in [2.45, 2.75) is 116 Å². The monoisotopic (exact) mass is 624 g/mol. The van der Waals surface area contributed by atoms with Crippen LogP contribution in [0.5, 0.6) is 0 Å². The third-order valence-corrected chi connectivity index (χ3v) is 14.0. The van der Waals surface area contributed by atoms with Crippen molar-refractivity contribution >= 4 is 24.7 Å². The van der Waals surface area contributed by atoms with Gasteiger partial charge in [0.25, 0.3) is 8.32 Å². The van der Waals surface area contributed by atoms with E-state index in [1.54, 1.807) is 0 Å². The van der Waals surface area contributed by atoms with Gasteiger partial charge in [-0.15, -0.1) is 0 Å². The van der Waals surface area contributed by atoms with E-state index in [4.69, 9.17) is 18.6 Å². The summed E-state index contributed by atoms with van der Waals surface area (Å²) in [5.41, 5.74) is 0. The summed E-state index contributed by atoms with van der Waals surface area (Å²) in [6, 6.07) is 21.1. The molecule has 5 atom stereocenters. The summed E-state index contributed by atoms with van der Waals surface area (Å²) in [5, 5.41) is 2.21. The molecule has 2 fully saturated rings. The standard InChI is InChI=1S/C37H53FO5Si/c1-28(2)42-35(39)23-15-7-6-14-22-31-32(33(38)26-34(31)43-36-24-16-17-25-40-36)27-41-44(37(3,4)5,29-18-10-8-11-19-29)30-20-12-9-13-21-30/h6,8-14,18-21,28,31-34,36H,7,15-17,22-27H2,1-5H3/t31-,32-,33+,34+,36?/m1/s1. The topological polar surface area (TPSA) is 54.0 Å². The molecular weight excluding hydrogens is 571 g/mol. The summed E-state index contributed by atoms with van der Waals surface area (Å²) >= 11 is 0. The number of allylic oxidation sites excluding steroid dienone is 2. The SMILES string of the molecule is CC(C)OC(=O)CCCC=CC[C@@H]1[C@@H](CO[Si](c2ccccc2)(c2ccccc2)C(C)(C)C)[C@@H](F)C[C@@H]1OC1CCCCO1. The first-order valence-corrected chi connectivity index (χ1v) is 18.5. The summed E-state index contributed by atoms with van der Waals surface area (Å²) in [4.78, 5) is 11.9. The van der Waals surface area contributed by atoms with E-state index in [-0.39, 0.29) is 41.3 Å². The first-order chi connectivity index (χ1) is 21.1. The molecule has 1 saturated carbocycles. The second kappa shape index (κ2) is 16.3. The summed E-state index contributed by atoms with van der Waals surface area (Å²) in [5.74, 6) is -0.488. The predicted molar refractivity (Wildman–Crippen MR) is 177 cm³/mol. The molecule has 0 N–H and O–H groups in total. The van der Waals surface area contributed by atoms with Crippen molar-refractivity contribution in [2.24, 2.45) is 11.8 Å². The Bertz CT molecular complexity index is 1120. The Morgan fingerprint density at radius 1 is 1.00 bits per heavy atom. The molecule has 242 valence electrons. The zero-order valence-electron chi connectivity index (χ0n) is 27.4. The van der Waals surface area contributed by atoms with Gasteiger partial charge in [0.1, 0.15) is 6.17 Å². The molecule has 4 rings (SSSR count).